The summed E-state index contributed by atoms with van der Waals surface area (Å²) in [5, 5.41) is 22.3. The van der Waals surface area contributed by atoms with E-state index in [1.54, 1.807) is 6.07 Å². The van der Waals surface area contributed by atoms with Crippen LogP contribution in [0.4, 0.5) is 0 Å². The van der Waals surface area contributed by atoms with Crippen LogP contribution >= 0.6 is 0 Å². The van der Waals surface area contributed by atoms with Crippen LogP contribution in [0.15, 0.2) is 84.9 Å². The SMILES string of the molecule is Oc1ccccc1CN1CCC[C@@H]1C(O)(c1ccccc1)c1ccccc1. The van der Waals surface area contributed by atoms with Crippen molar-refractivity contribution in [3.05, 3.63) is 102 Å². The first-order valence-electron chi connectivity index (χ1n) is 9.54. The lowest BCUT2D eigenvalue weighted by Gasteiger charge is -2.40. The number of aliphatic hydroxyl groups is 1. The molecule has 0 aliphatic carbocycles. The van der Waals surface area contributed by atoms with Gasteiger partial charge in [0.25, 0.3) is 0 Å². The molecule has 2 N–H and O–H groups in total. The van der Waals surface area contributed by atoms with E-state index in [9.17, 15) is 10.2 Å². The highest BCUT2D eigenvalue weighted by Gasteiger charge is 2.45. The Balaban J connectivity index is 1.74. The van der Waals surface area contributed by atoms with Crippen molar-refractivity contribution in [2.75, 3.05) is 6.54 Å². The number of para-hydroxylation sites is 1. The van der Waals surface area contributed by atoms with Crippen molar-refractivity contribution in [1.82, 2.24) is 4.90 Å². The average molecular weight is 359 g/mol. The Morgan fingerprint density at radius 3 is 1.96 bits per heavy atom. The van der Waals surface area contributed by atoms with Gasteiger partial charge < -0.3 is 10.2 Å². The van der Waals surface area contributed by atoms with Crippen LogP contribution in [0.1, 0.15) is 29.5 Å². The molecule has 0 radical (unpaired) electrons. The molecule has 1 aliphatic rings. The maximum atomic E-state index is 12.1. The summed E-state index contributed by atoms with van der Waals surface area (Å²) in [6.45, 7) is 1.53. The Labute approximate surface area is 160 Å². The molecule has 0 spiro atoms. The van der Waals surface area contributed by atoms with Gasteiger partial charge in [0.05, 0.1) is 0 Å². The van der Waals surface area contributed by atoms with Gasteiger partial charge >= 0.3 is 0 Å². The zero-order valence-corrected chi connectivity index (χ0v) is 15.3. The summed E-state index contributed by atoms with van der Waals surface area (Å²) in [6.07, 6.45) is 1.94. The highest BCUT2D eigenvalue weighted by Crippen LogP contribution is 2.41. The molecule has 0 bridgehead atoms. The van der Waals surface area contributed by atoms with Crippen LogP contribution in [0.3, 0.4) is 0 Å². The van der Waals surface area contributed by atoms with Crippen LogP contribution in [-0.2, 0) is 12.1 Å². The molecule has 0 aromatic heterocycles. The predicted octanol–water partition coefficient (Wildman–Crippen LogP) is 4.29. The van der Waals surface area contributed by atoms with E-state index in [0.717, 1.165) is 36.1 Å². The summed E-state index contributed by atoms with van der Waals surface area (Å²) >= 11 is 0. The van der Waals surface area contributed by atoms with Crippen molar-refractivity contribution >= 4 is 0 Å². The van der Waals surface area contributed by atoms with Gasteiger partial charge in [0.2, 0.25) is 0 Å². The van der Waals surface area contributed by atoms with Crippen molar-refractivity contribution in [3.63, 3.8) is 0 Å². The van der Waals surface area contributed by atoms with E-state index in [2.05, 4.69) is 4.90 Å². The van der Waals surface area contributed by atoms with E-state index in [1.807, 2.05) is 78.9 Å². The van der Waals surface area contributed by atoms with Crippen molar-refractivity contribution in [2.45, 2.75) is 31.0 Å². The lowest BCUT2D eigenvalue weighted by Crippen LogP contribution is -2.48. The van der Waals surface area contributed by atoms with Gasteiger partial charge in [-0.05, 0) is 36.6 Å². The average Bonchev–Trinajstić information content (AvgIpc) is 3.19. The second kappa shape index (κ2) is 7.55. The molecule has 1 fully saturated rings. The van der Waals surface area contributed by atoms with Crippen LogP contribution in [0, 0.1) is 0 Å². The van der Waals surface area contributed by atoms with E-state index in [4.69, 9.17) is 0 Å². The maximum absolute atomic E-state index is 12.1. The molecule has 27 heavy (non-hydrogen) atoms. The van der Waals surface area contributed by atoms with Crippen molar-refractivity contribution in [2.24, 2.45) is 0 Å². The molecule has 3 heteroatoms. The highest BCUT2D eigenvalue weighted by molar-refractivity contribution is 5.39. The summed E-state index contributed by atoms with van der Waals surface area (Å²) in [5.41, 5.74) is 1.62. The van der Waals surface area contributed by atoms with Crippen LogP contribution in [0.5, 0.6) is 5.75 Å². The monoisotopic (exact) mass is 359 g/mol. The molecular formula is C24H25NO2. The van der Waals surface area contributed by atoms with Crippen LogP contribution < -0.4 is 0 Å². The quantitative estimate of drug-likeness (QED) is 0.714. The van der Waals surface area contributed by atoms with E-state index < -0.39 is 5.60 Å². The second-order valence-corrected chi connectivity index (χ2v) is 7.26. The summed E-state index contributed by atoms with van der Waals surface area (Å²) in [5.74, 6) is 0.311. The Morgan fingerprint density at radius 2 is 1.37 bits per heavy atom. The standard InChI is InChI=1S/C24H25NO2/c26-22-15-8-7-10-19(22)18-25-17-9-16-23(25)24(27,20-11-3-1-4-12-20)21-13-5-2-6-14-21/h1-8,10-15,23,26-27H,9,16-18H2/t23-/m1/s1. The van der Waals surface area contributed by atoms with Gasteiger partial charge in [-0.15, -0.1) is 0 Å². The molecule has 0 unspecified atom stereocenters. The first kappa shape index (κ1) is 17.8. The molecule has 0 amide bonds. The third-order valence-corrected chi connectivity index (χ3v) is 5.64. The molecule has 3 aromatic carbocycles. The fourth-order valence-electron chi connectivity index (χ4n) is 4.29. The molecule has 1 aliphatic heterocycles. The maximum Gasteiger partial charge on any atom is 0.130 e. The number of hydrogen-bond acceptors (Lipinski definition) is 3. The topological polar surface area (TPSA) is 43.7 Å². The molecule has 0 saturated carbocycles. The minimum atomic E-state index is -1.09. The van der Waals surface area contributed by atoms with Gasteiger partial charge in [-0.3, -0.25) is 4.90 Å². The largest absolute Gasteiger partial charge is 0.508 e. The number of rotatable bonds is 5. The molecule has 1 saturated heterocycles. The first-order valence-corrected chi connectivity index (χ1v) is 9.54. The van der Waals surface area contributed by atoms with Crippen LogP contribution in [0.2, 0.25) is 0 Å². The molecule has 4 rings (SSSR count). The summed E-state index contributed by atoms with van der Waals surface area (Å²) in [6, 6.07) is 27.3. The fourth-order valence-corrected chi connectivity index (χ4v) is 4.29. The van der Waals surface area contributed by atoms with E-state index >= 15 is 0 Å². The zero-order valence-electron chi connectivity index (χ0n) is 15.3. The second-order valence-electron chi connectivity index (χ2n) is 7.26. The normalized spacial score (nSPS) is 17.9. The predicted molar refractivity (Wildman–Crippen MR) is 107 cm³/mol. The van der Waals surface area contributed by atoms with Gasteiger partial charge in [0.1, 0.15) is 11.4 Å². The number of benzene rings is 3. The molecule has 1 atom stereocenters. The Kier molecular flexibility index (Phi) is 4.97. The van der Waals surface area contributed by atoms with Gasteiger partial charge in [-0.1, -0.05) is 78.9 Å². The summed E-state index contributed by atoms with van der Waals surface area (Å²) in [7, 11) is 0. The molecule has 138 valence electrons. The van der Waals surface area contributed by atoms with Crippen molar-refractivity contribution in [1.29, 1.82) is 0 Å². The highest BCUT2D eigenvalue weighted by atomic mass is 16.3. The van der Waals surface area contributed by atoms with Crippen molar-refractivity contribution in [3.8, 4) is 5.75 Å². The summed E-state index contributed by atoms with van der Waals surface area (Å²) < 4.78 is 0. The van der Waals surface area contributed by atoms with Crippen LogP contribution in [-0.4, -0.2) is 27.7 Å². The number of aromatic hydroxyl groups is 1. The van der Waals surface area contributed by atoms with Gasteiger partial charge in [0, 0.05) is 18.2 Å². The zero-order chi connectivity index (χ0) is 18.7. The summed E-state index contributed by atoms with van der Waals surface area (Å²) in [4.78, 5) is 2.30. The first-order chi connectivity index (χ1) is 13.2. The van der Waals surface area contributed by atoms with E-state index in [-0.39, 0.29) is 6.04 Å². The number of nitrogens with zero attached hydrogens (tertiary/aromatic N) is 1. The number of hydrogen-bond donors (Lipinski definition) is 2. The van der Waals surface area contributed by atoms with Gasteiger partial charge in [-0.2, -0.15) is 0 Å². The number of likely N-dealkylation sites (tertiary alicyclic amines) is 1. The molecular weight excluding hydrogens is 334 g/mol. The smallest absolute Gasteiger partial charge is 0.130 e. The van der Waals surface area contributed by atoms with E-state index in [0.29, 0.717) is 12.3 Å². The van der Waals surface area contributed by atoms with Crippen molar-refractivity contribution < 1.29 is 10.2 Å². The van der Waals surface area contributed by atoms with Gasteiger partial charge in [-0.25, -0.2) is 0 Å². The van der Waals surface area contributed by atoms with Gasteiger partial charge in [0.15, 0.2) is 0 Å². The Morgan fingerprint density at radius 1 is 0.815 bits per heavy atom. The lowest BCUT2D eigenvalue weighted by molar-refractivity contribution is -0.00672. The lowest BCUT2D eigenvalue weighted by atomic mass is 9.79. The minimum absolute atomic E-state index is 0.0538. The number of phenols is 1. The Hall–Kier alpha value is -2.62. The number of phenolic OH excluding ortho intramolecular Hbond substituents is 1. The van der Waals surface area contributed by atoms with E-state index in [1.165, 1.54) is 0 Å². The third kappa shape index (κ3) is 3.36. The molecule has 1 heterocycles. The van der Waals surface area contributed by atoms with Crippen LogP contribution in [0.25, 0.3) is 0 Å². The minimum Gasteiger partial charge on any atom is -0.508 e. The molecule has 3 nitrogen and oxygen atoms in total. The third-order valence-electron chi connectivity index (χ3n) is 5.64. The Bertz CT molecular complexity index is 840. The fraction of sp³-hybridized carbons (Fsp3) is 0.250. The molecule has 3 aromatic rings.